The summed E-state index contributed by atoms with van der Waals surface area (Å²) >= 11 is 0. The average molecular weight is 436 g/mol. The lowest BCUT2D eigenvalue weighted by molar-refractivity contribution is 0.370. The topological polar surface area (TPSA) is 45.6 Å². The molecule has 0 aliphatic carbocycles. The van der Waals surface area contributed by atoms with Crippen LogP contribution in [0.25, 0.3) is 16.5 Å². The van der Waals surface area contributed by atoms with Crippen molar-refractivity contribution >= 4 is 32.2 Å². The second-order valence-corrected chi connectivity index (χ2v) is 10.5. The van der Waals surface area contributed by atoms with Crippen molar-refractivity contribution < 1.29 is 8.42 Å². The predicted molar refractivity (Wildman–Crippen MR) is 127 cm³/mol. The fraction of sp³-hybridized carbons (Fsp3) is 0.360. The van der Waals surface area contributed by atoms with E-state index in [4.69, 9.17) is 0 Å². The summed E-state index contributed by atoms with van der Waals surface area (Å²) in [7, 11) is -1.57. The summed E-state index contributed by atoms with van der Waals surface area (Å²) < 4.78 is 28.7. The highest BCUT2D eigenvalue weighted by atomic mass is 32.2. The molecule has 3 aromatic rings. The van der Waals surface area contributed by atoms with Crippen molar-refractivity contribution in [2.45, 2.75) is 30.6 Å². The molecule has 0 spiro atoms. The molecule has 6 heteroatoms. The summed E-state index contributed by atoms with van der Waals surface area (Å²) in [6.45, 7) is 3.93. The van der Waals surface area contributed by atoms with Gasteiger partial charge in [0.1, 0.15) is 0 Å². The monoisotopic (exact) mass is 435 g/mol. The van der Waals surface area contributed by atoms with Crippen molar-refractivity contribution in [3.05, 3.63) is 66.4 Å². The van der Waals surface area contributed by atoms with Crippen molar-refractivity contribution in [3.63, 3.8) is 0 Å². The van der Waals surface area contributed by atoms with E-state index in [1.54, 1.807) is 24.3 Å². The first-order chi connectivity index (χ1) is 15.0. The quantitative estimate of drug-likeness (QED) is 0.601. The first-order valence-electron chi connectivity index (χ1n) is 11.1. The van der Waals surface area contributed by atoms with E-state index < -0.39 is 10.0 Å². The Morgan fingerprint density at radius 2 is 1.68 bits per heavy atom. The Balaban J connectivity index is 1.69. The number of piperidine rings is 1. The lowest BCUT2D eigenvalue weighted by atomic mass is 9.99. The van der Waals surface area contributed by atoms with Crippen molar-refractivity contribution in [1.29, 1.82) is 0 Å². The molecule has 0 amide bonds. The number of aromatic nitrogens is 1. The van der Waals surface area contributed by atoms with Crippen molar-refractivity contribution in [2.24, 2.45) is 0 Å². The second kappa shape index (κ2) is 8.17. The molecule has 0 saturated carbocycles. The number of anilines is 1. The normalized spacial score (nSPS) is 18.4. The maximum Gasteiger partial charge on any atom is 0.268 e. The Bertz CT molecular complexity index is 1220. The average Bonchev–Trinajstić information content (AvgIpc) is 3.20. The van der Waals surface area contributed by atoms with E-state index in [1.165, 1.54) is 28.8 Å². The summed E-state index contributed by atoms with van der Waals surface area (Å²) in [6.07, 6.45) is 8.64. The van der Waals surface area contributed by atoms with Gasteiger partial charge in [-0.3, -0.25) is 0 Å². The standard InChI is InChI=1S/C25H29N3O2S/c1-26-16-12-20(13-17-26)24-19-28(31(29,30)22-8-4-2-5-9-22)25-18-21(10-11-23(24)25)27-14-6-3-7-15-27/h2,4-5,8-12,18-19H,3,6-7,13-17H2,1H3. The van der Waals surface area contributed by atoms with Crippen molar-refractivity contribution in [1.82, 2.24) is 8.87 Å². The van der Waals surface area contributed by atoms with Crippen LogP contribution in [0.3, 0.4) is 0 Å². The van der Waals surface area contributed by atoms with E-state index in [0.29, 0.717) is 4.90 Å². The summed E-state index contributed by atoms with van der Waals surface area (Å²) in [5.74, 6) is 0. The Morgan fingerprint density at radius 3 is 2.39 bits per heavy atom. The highest BCUT2D eigenvalue weighted by Gasteiger charge is 2.24. The van der Waals surface area contributed by atoms with Gasteiger partial charge in [0.25, 0.3) is 10.0 Å². The summed E-state index contributed by atoms with van der Waals surface area (Å²) in [5.41, 5.74) is 4.14. The Morgan fingerprint density at radius 1 is 0.903 bits per heavy atom. The molecular weight excluding hydrogens is 406 g/mol. The SMILES string of the molecule is CN1CC=C(c2cn(S(=O)(=O)c3ccccc3)c3cc(N4CCCCC4)ccc23)CC1. The van der Waals surface area contributed by atoms with Crippen LogP contribution in [-0.4, -0.2) is 50.5 Å². The van der Waals surface area contributed by atoms with Gasteiger partial charge >= 0.3 is 0 Å². The lowest BCUT2D eigenvalue weighted by Crippen LogP contribution is -2.29. The molecule has 0 bridgehead atoms. The number of benzene rings is 2. The molecule has 0 unspecified atom stereocenters. The zero-order chi connectivity index (χ0) is 21.4. The summed E-state index contributed by atoms with van der Waals surface area (Å²) in [5, 5.41) is 1.01. The van der Waals surface area contributed by atoms with Crippen LogP contribution in [0, 0.1) is 0 Å². The molecule has 3 heterocycles. The first-order valence-corrected chi connectivity index (χ1v) is 12.6. The van der Waals surface area contributed by atoms with Gasteiger partial charge in [0.2, 0.25) is 0 Å². The molecule has 2 aromatic carbocycles. The molecule has 0 N–H and O–H groups in total. The van der Waals surface area contributed by atoms with Crippen LogP contribution in [0.2, 0.25) is 0 Å². The fourth-order valence-electron chi connectivity index (χ4n) is 4.71. The van der Waals surface area contributed by atoms with Crippen LogP contribution in [0.4, 0.5) is 5.69 Å². The molecular formula is C25H29N3O2S. The lowest BCUT2D eigenvalue weighted by Gasteiger charge is -2.29. The molecule has 0 radical (unpaired) electrons. The van der Waals surface area contributed by atoms with E-state index in [1.807, 2.05) is 12.3 Å². The minimum atomic E-state index is -3.68. The van der Waals surface area contributed by atoms with E-state index in [9.17, 15) is 8.42 Å². The molecule has 162 valence electrons. The molecule has 1 fully saturated rings. The van der Waals surface area contributed by atoms with Gasteiger partial charge in [-0.1, -0.05) is 30.3 Å². The summed E-state index contributed by atoms with van der Waals surface area (Å²) in [6, 6.07) is 15.1. The van der Waals surface area contributed by atoms with E-state index in [-0.39, 0.29) is 0 Å². The highest BCUT2D eigenvalue weighted by Crippen LogP contribution is 2.35. The van der Waals surface area contributed by atoms with Gasteiger partial charge in [-0.25, -0.2) is 12.4 Å². The van der Waals surface area contributed by atoms with Gasteiger partial charge in [-0.15, -0.1) is 0 Å². The molecule has 31 heavy (non-hydrogen) atoms. The predicted octanol–water partition coefficient (Wildman–Crippen LogP) is 4.59. The molecule has 5 nitrogen and oxygen atoms in total. The molecule has 0 atom stereocenters. The van der Waals surface area contributed by atoms with E-state index >= 15 is 0 Å². The van der Waals surface area contributed by atoms with Crippen LogP contribution >= 0.6 is 0 Å². The number of hydrogen-bond donors (Lipinski definition) is 0. The largest absolute Gasteiger partial charge is 0.371 e. The number of hydrogen-bond acceptors (Lipinski definition) is 4. The smallest absolute Gasteiger partial charge is 0.268 e. The number of likely N-dealkylation sites (N-methyl/N-ethyl adjacent to an activating group) is 1. The van der Waals surface area contributed by atoms with Gasteiger partial charge in [-0.2, -0.15) is 0 Å². The second-order valence-electron chi connectivity index (χ2n) is 8.65. The molecule has 1 saturated heterocycles. The Labute approximate surface area is 184 Å². The third-order valence-electron chi connectivity index (χ3n) is 6.53. The molecule has 1 aromatic heterocycles. The van der Waals surface area contributed by atoms with Gasteiger partial charge in [0.05, 0.1) is 10.4 Å². The van der Waals surface area contributed by atoms with E-state index in [2.05, 4.69) is 41.1 Å². The third-order valence-corrected chi connectivity index (χ3v) is 8.22. The minimum absolute atomic E-state index is 0.319. The molecule has 2 aliphatic heterocycles. The third kappa shape index (κ3) is 3.79. The van der Waals surface area contributed by atoms with Gasteiger partial charge in [0.15, 0.2) is 0 Å². The highest BCUT2D eigenvalue weighted by molar-refractivity contribution is 7.90. The Kier molecular flexibility index (Phi) is 5.36. The fourth-order valence-corrected chi connectivity index (χ4v) is 6.09. The van der Waals surface area contributed by atoms with Crippen molar-refractivity contribution in [2.75, 3.05) is 38.1 Å². The van der Waals surface area contributed by atoms with Gasteiger partial charge in [0, 0.05) is 49.0 Å². The zero-order valence-electron chi connectivity index (χ0n) is 18.0. The summed E-state index contributed by atoms with van der Waals surface area (Å²) in [4.78, 5) is 4.97. The first kappa shape index (κ1) is 20.3. The number of fused-ring (bicyclic) bond motifs is 1. The van der Waals surface area contributed by atoms with Gasteiger partial charge < -0.3 is 9.80 Å². The van der Waals surface area contributed by atoms with Crippen LogP contribution in [-0.2, 0) is 10.0 Å². The van der Waals surface area contributed by atoms with Crippen LogP contribution in [0.15, 0.2) is 65.7 Å². The zero-order valence-corrected chi connectivity index (χ0v) is 18.8. The van der Waals surface area contributed by atoms with Crippen LogP contribution < -0.4 is 4.90 Å². The Hall–Kier alpha value is -2.57. The number of rotatable bonds is 4. The minimum Gasteiger partial charge on any atom is -0.371 e. The number of nitrogens with zero attached hydrogens (tertiary/aromatic N) is 3. The molecule has 5 rings (SSSR count). The van der Waals surface area contributed by atoms with Crippen LogP contribution in [0.5, 0.6) is 0 Å². The maximum atomic E-state index is 13.6. The maximum absolute atomic E-state index is 13.6. The molecule has 2 aliphatic rings. The van der Waals surface area contributed by atoms with Crippen LogP contribution in [0.1, 0.15) is 31.2 Å². The van der Waals surface area contributed by atoms with Gasteiger partial charge in [-0.05, 0) is 62.6 Å². The van der Waals surface area contributed by atoms with Crippen molar-refractivity contribution in [3.8, 4) is 0 Å². The van der Waals surface area contributed by atoms with E-state index in [0.717, 1.165) is 54.8 Å².